The fourth-order valence-corrected chi connectivity index (χ4v) is 4.18. The highest BCUT2D eigenvalue weighted by Crippen LogP contribution is 2.35. The number of hydrogen-bond acceptors (Lipinski definition) is 3. The van der Waals surface area contributed by atoms with Crippen molar-refractivity contribution >= 4 is 35.8 Å². The standard InChI is InChI=1S/C22H33FN4O2.HI/c1-3-20(28)27-12-9-19(15-27)26-21(24-4-2)25-16-22(10-13-29-14-11-22)17-5-7-18(23)8-6-17;/h5-8,19H,3-4,9-16H2,1-2H3,(H2,24,25,26);1H. The van der Waals surface area contributed by atoms with Gasteiger partial charge in [-0.3, -0.25) is 9.79 Å². The number of aliphatic imine (C=N–C) groups is 1. The van der Waals surface area contributed by atoms with Crippen molar-refractivity contribution in [2.75, 3.05) is 39.4 Å². The number of ether oxygens (including phenoxy) is 1. The summed E-state index contributed by atoms with van der Waals surface area (Å²) in [5.74, 6) is 0.756. The number of carbonyl (C=O) groups excluding carboxylic acids is 1. The van der Waals surface area contributed by atoms with Gasteiger partial charge in [-0.1, -0.05) is 19.1 Å². The van der Waals surface area contributed by atoms with Gasteiger partial charge in [0, 0.05) is 50.7 Å². The fourth-order valence-electron chi connectivity index (χ4n) is 4.18. The van der Waals surface area contributed by atoms with Gasteiger partial charge in [0.15, 0.2) is 5.96 Å². The van der Waals surface area contributed by atoms with Gasteiger partial charge in [0.05, 0.1) is 6.54 Å². The molecule has 2 saturated heterocycles. The van der Waals surface area contributed by atoms with E-state index in [2.05, 4.69) is 10.6 Å². The Kier molecular flexibility index (Phi) is 9.80. The average molecular weight is 532 g/mol. The molecule has 1 atom stereocenters. The molecule has 0 bridgehead atoms. The maximum atomic E-state index is 13.4. The smallest absolute Gasteiger partial charge is 0.222 e. The van der Waals surface area contributed by atoms with Crippen molar-refractivity contribution in [1.82, 2.24) is 15.5 Å². The van der Waals surface area contributed by atoms with Crippen molar-refractivity contribution in [1.29, 1.82) is 0 Å². The number of halogens is 2. The molecule has 0 radical (unpaired) electrons. The second-order valence-electron chi connectivity index (χ2n) is 7.92. The first-order valence-corrected chi connectivity index (χ1v) is 10.7. The van der Waals surface area contributed by atoms with Crippen molar-refractivity contribution in [3.8, 4) is 0 Å². The van der Waals surface area contributed by atoms with E-state index in [-0.39, 0.29) is 47.2 Å². The van der Waals surface area contributed by atoms with Crippen molar-refractivity contribution in [2.24, 2.45) is 4.99 Å². The van der Waals surface area contributed by atoms with Crippen molar-refractivity contribution in [3.63, 3.8) is 0 Å². The summed E-state index contributed by atoms with van der Waals surface area (Å²) in [5.41, 5.74) is 0.969. The Morgan fingerprint density at radius 2 is 1.97 bits per heavy atom. The second-order valence-corrected chi connectivity index (χ2v) is 7.92. The monoisotopic (exact) mass is 532 g/mol. The van der Waals surface area contributed by atoms with Crippen LogP contribution < -0.4 is 10.6 Å². The minimum Gasteiger partial charge on any atom is -0.381 e. The summed E-state index contributed by atoms with van der Waals surface area (Å²) in [7, 11) is 0. The Morgan fingerprint density at radius 1 is 1.27 bits per heavy atom. The van der Waals surface area contributed by atoms with Gasteiger partial charge < -0.3 is 20.3 Å². The summed E-state index contributed by atoms with van der Waals surface area (Å²) >= 11 is 0. The van der Waals surface area contributed by atoms with Gasteiger partial charge in [-0.2, -0.15) is 0 Å². The van der Waals surface area contributed by atoms with E-state index in [1.807, 2.05) is 30.9 Å². The lowest BCUT2D eigenvalue weighted by Gasteiger charge is -2.36. The zero-order valence-corrected chi connectivity index (χ0v) is 20.3. The molecule has 3 rings (SSSR count). The van der Waals surface area contributed by atoms with Crippen LogP contribution in [0.2, 0.25) is 0 Å². The molecular weight excluding hydrogens is 498 g/mol. The van der Waals surface area contributed by atoms with E-state index in [0.29, 0.717) is 32.7 Å². The van der Waals surface area contributed by atoms with Crippen LogP contribution >= 0.6 is 24.0 Å². The quantitative estimate of drug-likeness (QED) is 0.336. The summed E-state index contributed by atoms with van der Waals surface area (Å²) in [6, 6.07) is 7.01. The molecular formula is C22H34FIN4O2. The molecule has 2 N–H and O–H groups in total. The molecule has 2 aliphatic heterocycles. The van der Waals surface area contributed by atoms with Gasteiger partial charge in [0.2, 0.25) is 5.91 Å². The second kappa shape index (κ2) is 11.8. The van der Waals surface area contributed by atoms with Crippen LogP contribution in [0.25, 0.3) is 0 Å². The Balaban J connectivity index is 0.00000320. The number of likely N-dealkylation sites (tertiary alicyclic amines) is 1. The highest BCUT2D eigenvalue weighted by atomic mass is 127. The number of guanidine groups is 1. The van der Waals surface area contributed by atoms with Crippen LogP contribution in [0.5, 0.6) is 0 Å². The minimum absolute atomic E-state index is 0. The molecule has 30 heavy (non-hydrogen) atoms. The number of rotatable bonds is 6. The molecule has 2 heterocycles. The largest absolute Gasteiger partial charge is 0.381 e. The summed E-state index contributed by atoms with van der Waals surface area (Å²) < 4.78 is 19.0. The summed E-state index contributed by atoms with van der Waals surface area (Å²) in [6.07, 6.45) is 3.20. The van der Waals surface area contributed by atoms with Crippen molar-refractivity contribution in [3.05, 3.63) is 35.6 Å². The predicted octanol–water partition coefficient (Wildman–Crippen LogP) is 3.06. The van der Waals surface area contributed by atoms with Gasteiger partial charge in [-0.25, -0.2) is 4.39 Å². The Morgan fingerprint density at radius 3 is 2.60 bits per heavy atom. The molecule has 1 unspecified atom stereocenters. The molecule has 6 nitrogen and oxygen atoms in total. The molecule has 0 aliphatic carbocycles. The van der Waals surface area contributed by atoms with E-state index in [0.717, 1.165) is 43.9 Å². The average Bonchev–Trinajstić information content (AvgIpc) is 3.21. The van der Waals surface area contributed by atoms with Crippen LogP contribution in [0.15, 0.2) is 29.3 Å². The molecule has 0 spiro atoms. The third-order valence-electron chi connectivity index (χ3n) is 5.97. The number of hydrogen-bond donors (Lipinski definition) is 2. The number of benzene rings is 1. The lowest BCUT2D eigenvalue weighted by molar-refractivity contribution is -0.129. The SMILES string of the molecule is CCNC(=NCC1(c2ccc(F)cc2)CCOCC1)NC1CCN(C(=O)CC)C1.I. The third kappa shape index (κ3) is 6.29. The molecule has 0 saturated carbocycles. The van der Waals surface area contributed by atoms with E-state index in [1.165, 1.54) is 12.1 Å². The minimum atomic E-state index is -0.220. The number of carbonyl (C=O) groups is 1. The van der Waals surface area contributed by atoms with Crippen molar-refractivity contribution in [2.45, 2.75) is 51.0 Å². The van der Waals surface area contributed by atoms with E-state index < -0.39 is 0 Å². The lowest BCUT2D eigenvalue weighted by atomic mass is 9.74. The van der Waals surface area contributed by atoms with Gasteiger partial charge in [0.1, 0.15) is 5.82 Å². The first-order chi connectivity index (χ1) is 14.1. The highest BCUT2D eigenvalue weighted by molar-refractivity contribution is 14.0. The van der Waals surface area contributed by atoms with E-state index in [9.17, 15) is 9.18 Å². The Labute approximate surface area is 196 Å². The summed E-state index contributed by atoms with van der Waals surface area (Å²) in [4.78, 5) is 18.8. The molecule has 2 aliphatic rings. The van der Waals surface area contributed by atoms with Crippen LogP contribution in [0, 0.1) is 5.82 Å². The molecule has 1 aromatic rings. The molecule has 2 fully saturated rings. The molecule has 8 heteroatoms. The number of nitrogens with zero attached hydrogens (tertiary/aromatic N) is 2. The molecule has 1 amide bonds. The normalized spacial score (nSPS) is 21.1. The van der Waals surface area contributed by atoms with Crippen molar-refractivity contribution < 1.29 is 13.9 Å². The van der Waals surface area contributed by atoms with Gasteiger partial charge >= 0.3 is 0 Å². The van der Waals surface area contributed by atoms with E-state index in [1.54, 1.807) is 0 Å². The fraction of sp³-hybridized carbons (Fsp3) is 0.636. The van der Waals surface area contributed by atoms with E-state index in [4.69, 9.17) is 9.73 Å². The Hall–Kier alpha value is -1.42. The van der Waals surface area contributed by atoms with Crippen LogP contribution in [-0.2, 0) is 14.9 Å². The van der Waals surface area contributed by atoms with Crippen LogP contribution in [0.4, 0.5) is 4.39 Å². The maximum Gasteiger partial charge on any atom is 0.222 e. The van der Waals surface area contributed by atoms with Crippen LogP contribution in [-0.4, -0.2) is 62.2 Å². The first kappa shape index (κ1) is 24.8. The van der Waals surface area contributed by atoms with Gasteiger partial charge in [-0.15, -0.1) is 24.0 Å². The molecule has 0 aromatic heterocycles. The van der Waals surface area contributed by atoms with Crippen LogP contribution in [0.1, 0.15) is 45.1 Å². The highest BCUT2D eigenvalue weighted by Gasteiger charge is 2.35. The number of nitrogens with one attached hydrogen (secondary N) is 2. The zero-order chi connectivity index (χ0) is 20.7. The van der Waals surface area contributed by atoms with E-state index >= 15 is 0 Å². The third-order valence-corrected chi connectivity index (χ3v) is 5.97. The zero-order valence-electron chi connectivity index (χ0n) is 18.0. The molecule has 1 aromatic carbocycles. The van der Waals surface area contributed by atoms with Gasteiger partial charge in [0.25, 0.3) is 0 Å². The maximum absolute atomic E-state index is 13.4. The first-order valence-electron chi connectivity index (χ1n) is 10.7. The Bertz CT molecular complexity index is 708. The lowest BCUT2D eigenvalue weighted by Crippen LogP contribution is -2.46. The summed E-state index contributed by atoms with van der Waals surface area (Å²) in [5, 5.41) is 6.83. The van der Waals surface area contributed by atoms with Gasteiger partial charge in [-0.05, 0) is 43.9 Å². The predicted molar refractivity (Wildman–Crippen MR) is 128 cm³/mol. The topological polar surface area (TPSA) is 66.0 Å². The number of amides is 1. The summed E-state index contributed by atoms with van der Waals surface area (Å²) in [6.45, 7) is 8.21. The van der Waals surface area contributed by atoms with Crippen LogP contribution in [0.3, 0.4) is 0 Å². The molecule has 168 valence electrons.